The van der Waals surface area contributed by atoms with Gasteiger partial charge in [0.25, 0.3) is 0 Å². The van der Waals surface area contributed by atoms with Gasteiger partial charge in [-0.15, -0.1) is 0 Å². The van der Waals surface area contributed by atoms with Crippen LogP contribution in [0.2, 0.25) is 15.1 Å². The van der Waals surface area contributed by atoms with Crippen LogP contribution in [0.3, 0.4) is 0 Å². The molecule has 1 aromatic rings. The lowest BCUT2D eigenvalue weighted by Gasteiger charge is -2.21. The van der Waals surface area contributed by atoms with Crippen molar-refractivity contribution in [2.75, 3.05) is 6.26 Å². The van der Waals surface area contributed by atoms with Gasteiger partial charge in [-0.2, -0.15) is 11.8 Å². The van der Waals surface area contributed by atoms with E-state index in [2.05, 4.69) is 18.5 Å². The van der Waals surface area contributed by atoms with Gasteiger partial charge in [0.15, 0.2) is 0 Å². The van der Waals surface area contributed by atoms with E-state index in [0.717, 1.165) is 10.8 Å². The molecule has 0 amide bonds. The summed E-state index contributed by atoms with van der Waals surface area (Å²) in [4.78, 5) is 0. The first kappa shape index (κ1) is 15.8. The van der Waals surface area contributed by atoms with E-state index in [1.165, 1.54) is 19.3 Å². The van der Waals surface area contributed by atoms with Crippen molar-refractivity contribution in [3.63, 3.8) is 0 Å². The molecule has 0 radical (unpaired) electrons. The van der Waals surface area contributed by atoms with Crippen molar-refractivity contribution in [2.45, 2.75) is 43.5 Å². The van der Waals surface area contributed by atoms with Crippen LogP contribution in [0.1, 0.15) is 37.8 Å². The minimum atomic E-state index is 0.188. The highest BCUT2D eigenvalue weighted by Crippen LogP contribution is 2.36. The summed E-state index contributed by atoms with van der Waals surface area (Å²) < 4.78 is 0. The molecule has 5 heteroatoms. The molecule has 1 fully saturated rings. The largest absolute Gasteiger partial charge is 0.307 e. The van der Waals surface area contributed by atoms with Gasteiger partial charge in [0.1, 0.15) is 0 Å². The first-order valence-corrected chi connectivity index (χ1v) is 8.87. The zero-order valence-corrected chi connectivity index (χ0v) is 14.1. The van der Waals surface area contributed by atoms with Crippen molar-refractivity contribution in [1.29, 1.82) is 0 Å². The van der Waals surface area contributed by atoms with Crippen molar-refractivity contribution in [3.05, 3.63) is 32.8 Å². The highest BCUT2D eigenvalue weighted by atomic mass is 35.5. The number of hydrogen-bond donors (Lipinski definition) is 1. The molecule has 0 heterocycles. The minimum Gasteiger partial charge on any atom is -0.307 e. The molecule has 19 heavy (non-hydrogen) atoms. The van der Waals surface area contributed by atoms with Gasteiger partial charge in [-0.05, 0) is 44.1 Å². The number of nitrogens with one attached hydrogen (secondary N) is 1. The molecule has 1 aromatic carbocycles. The summed E-state index contributed by atoms with van der Waals surface area (Å²) in [5, 5.41) is 5.95. The Morgan fingerprint density at radius 1 is 1.21 bits per heavy atom. The third kappa shape index (κ3) is 3.74. The van der Waals surface area contributed by atoms with Crippen molar-refractivity contribution in [1.82, 2.24) is 5.32 Å². The van der Waals surface area contributed by atoms with Gasteiger partial charge in [0.2, 0.25) is 0 Å². The Morgan fingerprint density at radius 2 is 1.95 bits per heavy atom. The second-order valence-electron chi connectivity index (χ2n) is 5.02. The average Bonchev–Trinajstić information content (AvgIpc) is 2.83. The van der Waals surface area contributed by atoms with Crippen LogP contribution in [0.4, 0.5) is 0 Å². The maximum absolute atomic E-state index is 6.27. The quantitative estimate of drug-likeness (QED) is 0.719. The SMILES string of the molecule is CSC1CCC(NC(C)c2ccc(Cl)c(Cl)c2Cl)C1. The Bertz CT molecular complexity index is 453. The molecular weight excluding hydrogens is 321 g/mol. The van der Waals surface area contributed by atoms with Gasteiger partial charge in [0, 0.05) is 17.3 Å². The van der Waals surface area contributed by atoms with Gasteiger partial charge in [0.05, 0.1) is 15.1 Å². The molecule has 106 valence electrons. The third-order valence-electron chi connectivity index (χ3n) is 3.74. The fourth-order valence-electron chi connectivity index (χ4n) is 2.62. The first-order chi connectivity index (χ1) is 9.02. The summed E-state index contributed by atoms with van der Waals surface area (Å²) in [7, 11) is 0. The van der Waals surface area contributed by atoms with Crippen molar-refractivity contribution < 1.29 is 0 Å². The summed E-state index contributed by atoms with van der Waals surface area (Å²) in [6, 6.07) is 4.52. The number of rotatable bonds is 4. The van der Waals surface area contributed by atoms with E-state index in [9.17, 15) is 0 Å². The summed E-state index contributed by atoms with van der Waals surface area (Å²) in [6.45, 7) is 2.12. The van der Waals surface area contributed by atoms with Gasteiger partial charge < -0.3 is 5.32 Å². The molecule has 0 bridgehead atoms. The normalized spacial score (nSPS) is 24.7. The Morgan fingerprint density at radius 3 is 2.58 bits per heavy atom. The van der Waals surface area contributed by atoms with Crippen LogP contribution in [0.15, 0.2) is 12.1 Å². The smallest absolute Gasteiger partial charge is 0.0781 e. The summed E-state index contributed by atoms with van der Waals surface area (Å²) >= 11 is 20.3. The van der Waals surface area contributed by atoms with Crippen molar-refractivity contribution >= 4 is 46.6 Å². The van der Waals surface area contributed by atoms with E-state index in [0.29, 0.717) is 21.1 Å². The molecule has 1 nitrogen and oxygen atoms in total. The second-order valence-corrected chi connectivity index (χ2v) is 7.32. The maximum Gasteiger partial charge on any atom is 0.0781 e. The monoisotopic (exact) mass is 337 g/mol. The van der Waals surface area contributed by atoms with Gasteiger partial charge >= 0.3 is 0 Å². The molecule has 3 unspecified atom stereocenters. The highest BCUT2D eigenvalue weighted by molar-refractivity contribution is 7.99. The summed E-state index contributed by atoms with van der Waals surface area (Å²) in [5.41, 5.74) is 1.02. The van der Waals surface area contributed by atoms with E-state index >= 15 is 0 Å². The Labute approximate surface area is 134 Å². The van der Waals surface area contributed by atoms with Crippen LogP contribution < -0.4 is 5.32 Å². The topological polar surface area (TPSA) is 12.0 Å². The van der Waals surface area contributed by atoms with E-state index < -0.39 is 0 Å². The summed E-state index contributed by atoms with van der Waals surface area (Å²) in [6.07, 6.45) is 5.94. The predicted molar refractivity (Wildman–Crippen MR) is 88.0 cm³/mol. The van der Waals surface area contributed by atoms with Crippen LogP contribution in [0, 0.1) is 0 Å². The zero-order valence-electron chi connectivity index (χ0n) is 11.1. The van der Waals surface area contributed by atoms with Crippen LogP contribution in [0.5, 0.6) is 0 Å². The molecule has 0 spiro atoms. The Balaban J connectivity index is 2.04. The van der Waals surface area contributed by atoms with E-state index in [1.807, 2.05) is 23.9 Å². The molecule has 1 aliphatic carbocycles. The fourth-order valence-corrected chi connectivity index (χ4v) is 4.13. The van der Waals surface area contributed by atoms with Crippen LogP contribution >= 0.6 is 46.6 Å². The number of benzene rings is 1. The van der Waals surface area contributed by atoms with Crippen LogP contribution in [0.25, 0.3) is 0 Å². The molecule has 1 saturated carbocycles. The lowest BCUT2D eigenvalue weighted by Crippen LogP contribution is -2.29. The zero-order chi connectivity index (χ0) is 14.0. The molecule has 0 aromatic heterocycles. The highest BCUT2D eigenvalue weighted by Gasteiger charge is 2.26. The Kier molecular flexibility index (Phi) is 5.74. The fraction of sp³-hybridized carbons (Fsp3) is 0.571. The Hall–Kier alpha value is 0.400. The van der Waals surface area contributed by atoms with E-state index in [4.69, 9.17) is 34.8 Å². The lowest BCUT2D eigenvalue weighted by molar-refractivity contribution is 0.462. The van der Waals surface area contributed by atoms with Gasteiger partial charge in [-0.25, -0.2) is 0 Å². The molecule has 3 atom stereocenters. The number of hydrogen-bond acceptors (Lipinski definition) is 2. The molecule has 1 N–H and O–H groups in total. The van der Waals surface area contributed by atoms with Gasteiger partial charge in [-0.3, -0.25) is 0 Å². The van der Waals surface area contributed by atoms with E-state index in [-0.39, 0.29) is 6.04 Å². The average molecular weight is 339 g/mol. The molecule has 0 saturated heterocycles. The van der Waals surface area contributed by atoms with E-state index in [1.54, 1.807) is 0 Å². The summed E-state index contributed by atoms with van der Waals surface area (Å²) in [5.74, 6) is 0. The number of thioether (sulfide) groups is 1. The van der Waals surface area contributed by atoms with Gasteiger partial charge in [-0.1, -0.05) is 40.9 Å². The van der Waals surface area contributed by atoms with Crippen LogP contribution in [-0.2, 0) is 0 Å². The van der Waals surface area contributed by atoms with Crippen molar-refractivity contribution in [2.24, 2.45) is 0 Å². The third-order valence-corrected chi connectivity index (χ3v) is 6.14. The van der Waals surface area contributed by atoms with Crippen molar-refractivity contribution in [3.8, 4) is 0 Å². The number of halogens is 3. The molecule has 1 aliphatic rings. The maximum atomic E-state index is 6.27. The minimum absolute atomic E-state index is 0.188. The predicted octanol–water partition coefficient (Wildman–Crippen LogP) is 5.58. The molecular formula is C14H18Cl3NS. The first-order valence-electron chi connectivity index (χ1n) is 6.45. The lowest BCUT2D eigenvalue weighted by atomic mass is 10.1. The molecule has 2 rings (SSSR count). The van der Waals surface area contributed by atoms with Crippen LogP contribution in [-0.4, -0.2) is 17.5 Å². The second kappa shape index (κ2) is 6.91. The molecule has 0 aliphatic heterocycles. The standard InChI is InChI=1S/C14H18Cl3NS/c1-8(18-9-3-4-10(7-9)19-2)11-5-6-12(15)14(17)13(11)16/h5-6,8-10,18H,3-4,7H2,1-2H3.